The summed E-state index contributed by atoms with van der Waals surface area (Å²) in [5, 5.41) is 6.80. The Labute approximate surface area is 204 Å². The number of hydrogen-bond donors (Lipinski definition) is 3. The molecule has 2 aromatic carbocycles. The molecule has 1 spiro atoms. The van der Waals surface area contributed by atoms with Gasteiger partial charge in [0.1, 0.15) is 5.82 Å². The fraction of sp³-hybridized carbons (Fsp3) is 0.407. The number of likely N-dealkylation sites (tertiary alicyclic amines) is 1. The molecule has 35 heavy (non-hydrogen) atoms. The highest BCUT2D eigenvalue weighted by Gasteiger charge is 2.52. The molecule has 0 aromatic heterocycles. The van der Waals surface area contributed by atoms with E-state index >= 15 is 0 Å². The number of nitrogens with zero attached hydrogens (tertiary/aromatic N) is 2. The molecule has 2 fully saturated rings. The number of benzene rings is 2. The minimum atomic E-state index is -0.747. The van der Waals surface area contributed by atoms with Crippen molar-refractivity contribution < 1.29 is 13.6 Å². The first kappa shape index (κ1) is 23.5. The fourth-order valence-corrected chi connectivity index (χ4v) is 5.27. The van der Waals surface area contributed by atoms with Gasteiger partial charge in [-0.15, -0.1) is 0 Å². The topological polar surface area (TPSA) is 82.8 Å². The molecule has 0 bridgehead atoms. The number of piperidine rings is 1. The maximum absolute atomic E-state index is 14.5. The third kappa shape index (κ3) is 4.43. The zero-order valence-corrected chi connectivity index (χ0v) is 20.1. The van der Waals surface area contributed by atoms with Gasteiger partial charge in [-0.05, 0) is 88.6 Å². The number of carbonyl (C=O) groups excluding carboxylic acids is 1. The summed E-state index contributed by atoms with van der Waals surface area (Å²) in [6.45, 7) is 3.74. The molecular weight excluding hydrogens is 448 g/mol. The van der Waals surface area contributed by atoms with Crippen LogP contribution in [0.4, 0.5) is 25.8 Å². The number of amides is 1. The highest BCUT2D eigenvalue weighted by molar-refractivity contribution is 6.15. The van der Waals surface area contributed by atoms with Gasteiger partial charge in [-0.3, -0.25) is 4.79 Å². The van der Waals surface area contributed by atoms with E-state index in [9.17, 15) is 13.6 Å². The van der Waals surface area contributed by atoms with Crippen LogP contribution >= 0.6 is 0 Å². The number of allylic oxidation sites excluding steroid dienone is 2. The third-order valence-corrected chi connectivity index (χ3v) is 7.42. The van der Waals surface area contributed by atoms with Gasteiger partial charge in [0.25, 0.3) is 0 Å². The molecule has 1 aliphatic carbocycles. The first-order chi connectivity index (χ1) is 16.7. The molecule has 0 unspecified atom stereocenters. The molecule has 0 atom stereocenters. The van der Waals surface area contributed by atoms with Gasteiger partial charge in [0.15, 0.2) is 5.82 Å². The monoisotopic (exact) mass is 479 g/mol. The number of halogens is 2. The second-order valence-electron chi connectivity index (χ2n) is 10.0. The van der Waals surface area contributed by atoms with Crippen molar-refractivity contribution in [1.29, 1.82) is 0 Å². The maximum Gasteiger partial charge on any atom is 0.235 e. The molecule has 5 rings (SSSR count). The summed E-state index contributed by atoms with van der Waals surface area (Å²) in [6.07, 6.45) is 6.28. The van der Waals surface area contributed by atoms with E-state index < -0.39 is 17.0 Å². The van der Waals surface area contributed by atoms with E-state index in [2.05, 4.69) is 27.6 Å². The van der Waals surface area contributed by atoms with E-state index in [0.29, 0.717) is 11.4 Å². The van der Waals surface area contributed by atoms with Gasteiger partial charge in [0.2, 0.25) is 5.91 Å². The van der Waals surface area contributed by atoms with E-state index in [1.54, 1.807) is 13.0 Å². The zero-order chi connectivity index (χ0) is 24.7. The van der Waals surface area contributed by atoms with Crippen molar-refractivity contribution in [2.24, 2.45) is 10.7 Å². The average Bonchev–Trinajstić information content (AvgIpc) is 3.08. The molecule has 1 saturated heterocycles. The Morgan fingerprint density at radius 3 is 2.60 bits per heavy atom. The van der Waals surface area contributed by atoms with Crippen molar-refractivity contribution in [3.05, 3.63) is 64.9 Å². The van der Waals surface area contributed by atoms with Gasteiger partial charge >= 0.3 is 0 Å². The normalized spacial score (nSPS) is 20.5. The lowest BCUT2D eigenvalue weighted by atomic mass is 9.65. The Bertz CT molecular complexity index is 1220. The molecule has 2 heterocycles. The Balaban J connectivity index is 1.62. The van der Waals surface area contributed by atoms with Gasteiger partial charge in [-0.2, -0.15) is 0 Å². The maximum atomic E-state index is 14.5. The predicted octanol–water partition coefficient (Wildman–Crippen LogP) is 4.83. The quantitative estimate of drug-likeness (QED) is 0.537. The number of nitrogens with one attached hydrogen (secondary N) is 2. The zero-order valence-electron chi connectivity index (χ0n) is 20.1. The molecular formula is C27H31F2N5O. The summed E-state index contributed by atoms with van der Waals surface area (Å²) in [5.41, 5.74) is 9.84. The number of nitrogens with two attached hydrogens (primary N) is 1. The van der Waals surface area contributed by atoms with Crippen LogP contribution in [0.25, 0.3) is 0 Å². The minimum absolute atomic E-state index is 0.0248. The summed E-state index contributed by atoms with van der Waals surface area (Å²) in [5.74, 6) is -1.37. The first-order valence-corrected chi connectivity index (χ1v) is 12.2. The van der Waals surface area contributed by atoms with Crippen molar-refractivity contribution in [1.82, 2.24) is 4.90 Å². The summed E-state index contributed by atoms with van der Waals surface area (Å²) in [6, 6.07) is 7.52. The Morgan fingerprint density at radius 2 is 1.97 bits per heavy atom. The largest absolute Gasteiger partial charge is 0.402 e. The molecule has 1 amide bonds. The number of rotatable bonds is 5. The smallest absolute Gasteiger partial charge is 0.235 e. The molecule has 2 aromatic rings. The molecule has 3 aliphatic rings. The molecule has 6 nitrogen and oxygen atoms in total. The van der Waals surface area contributed by atoms with Crippen molar-refractivity contribution in [2.45, 2.75) is 50.5 Å². The van der Waals surface area contributed by atoms with Crippen LogP contribution in [0.15, 0.2) is 47.1 Å². The number of fused-ring (bicyclic) bond motifs is 2. The number of hydrogen-bond acceptors (Lipinski definition) is 5. The minimum Gasteiger partial charge on any atom is -0.402 e. The first-order valence-electron chi connectivity index (χ1n) is 12.2. The van der Waals surface area contributed by atoms with Gasteiger partial charge in [0.05, 0.1) is 28.2 Å². The van der Waals surface area contributed by atoms with Gasteiger partial charge in [-0.25, -0.2) is 13.8 Å². The van der Waals surface area contributed by atoms with E-state index in [0.717, 1.165) is 73.8 Å². The summed E-state index contributed by atoms with van der Waals surface area (Å²) >= 11 is 0. The highest BCUT2D eigenvalue weighted by atomic mass is 19.1. The van der Waals surface area contributed by atoms with Crippen LogP contribution in [0.2, 0.25) is 0 Å². The number of anilines is 2. The van der Waals surface area contributed by atoms with Crippen LogP contribution in [0, 0.1) is 11.6 Å². The second-order valence-corrected chi connectivity index (χ2v) is 10.0. The summed E-state index contributed by atoms with van der Waals surface area (Å²) in [4.78, 5) is 19.9. The van der Waals surface area contributed by atoms with Gasteiger partial charge < -0.3 is 21.3 Å². The molecule has 8 heteroatoms. The molecule has 2 aliphatic heterocycles. The van der Waals surface area contributed by atoms with Crippen LogP contribution in [0.5, 0.6) is 0 Å². The van der Waals surface area contributed by atoms with Crippen molar-refractivity contribution in [3.63, 3.8) is 0 Å². The molecule has 1 saturated carbocycles. The van der Waals surface area contributed by atoms with Crippen molar-refractivity contribution >= 4 is 28.7 Å². The van der Waals surface area contributed by atoms with Crippen LogP contribution < -0.4 is 16.4 Å². The number of carbonyl (C=O) groups is 1. The standard InChI is InChI=1S/C27H31F2N5O/c1-16(30)12-23(32-22-5-4-18(28)15-21(22)29)17-13-20-25(33-26(35)27(20)8-3-9-27)24(14-17)31-19-6-10-34(2)11-7-19/h4-5,12-15,19,31H,3,6-11,30H2,1-2H3,(H,33,35). The lowest BCUT2D eigenvalue weighted by Crippen LogP contribution is -2.40. The summed E-state index contributed by atoms with van der Waals surface area (Å²) in [7, 11) is 2.12. The fourth-order valence-electron chi connectivity index (χ4n) is 5.27. The van der Waals surface area contributed by atoms with Crippen LogP contribution in [-0.4, -0.2) is 42.7 Å². The van der Waals surface area contributed by atoms with Gasteiger partial charge in [0, 0.05) is 23.4 Å². The Morgan fingerprint density at radius 1 is 1.23 bits per heavy atom. The average molecular weight is 480 g/mol. The Hall–Kier alpha value is -3.26. The molecule has 184 valence electrons. The van der Waals surface area contributed by atoms with Crippen LogP contribution in [0.3, 0.4) is 0 Å². The third-order valence-electron chi connectivity index (χ3n) is 7.42. The SMILES string of the molecule is CC(N)=CC(=Nc1ccc(F)cc1F)c1cc(NC2CCN(C)CC2)c2c(c1)C1(CCC1)C(=O)N2. The molecule has 0 radical (unpaired) electrons. The van der Waals surface area contributed by atoms with E-state index in [1.807, 2.05) is 12.1 Å². The lowest BCUT2D eigenvalue weighted by Gasteiger charge is -2.36. The predicted molar refractivity (Wildman–Crippen MR) is 135 cm³/mol. The van der Waals surface area contributed by atoms with E-state index in [1.165, 1.54) is 12.1 Å². The van der Waals surface area contributed by atoms with Crippen molar-refractivity contribution in [2.75, 3.05) is 30.8 Å². The lowest BCUT2D eigenvalue weighted by molar-refractivity contribution is -0.123. The van der Waals surface area contributed by atoms with Crippen LogP contribution in [-0.2, 0) is 10.2 Å². The van der Waals surface area contributed by atoms with Crippen LogP contribution in [0.1, 0.15) is 50.2 Å². The van der Waals surface area contributed by atoms with Gasteiger partial charge in [-0.1, -0.05) is 6.42 Å². The van der Waals surface area contributed by atoms with E-state index in [-0.39, 0.29) is 17.6 Å². The van der Waals surface area contributed by atoms with Crippen molar-refractivity contribution in [3.8, 4) is 0 Å². The van der Waals surface area contributed by atoms with E-state index in [4.69, 9.17) is 5.73 Å². The molecule has 4 N–H and O–H groups in total. The second kappa shape index (κ2) is 9.07. The number of aliphatic imine (C=N–C) groups is 1. The Kier molecular flexibility index (Phi) is 6.09. The highest BCUT2D eigenvalue weighted by Crippen LogP contribution is 2.53. The summed E-state index contributed by atoms with van der Waals surface area (Å²) < 4.78 is 27.9.